The lowest BCUT2D eigenvalue weighted by Gasteiger charge is -2.13. The molecule has 2 nitrogen and oxygen atoms in total. The molecule has 0 amide bonds. The third-order valence-electron chi connectivity index (χ3n) is 3.04. The Morgan fingerprint density at radius 3 is 2.50 bits per heavy atom. The number of hydrogen-bond donors (Lipinski definition) is 0. The van der Waals surface area contributed by atoms with Gasteiger partial charge in [0.2, 0.25) is 0 Å². The van der Waals surface area contributed by atoms with Gasteiger partial charge in [0.15, 0.2) is 12.3 Å². The standard InChI is InChI=1S/C16H15Cl2NO/c1-12(9-14-7-8-15(17)10-16(14)18)19(20)11-13-5-3-2-4-6-13/h2-8,10-12H,9H2,1H3/b19-11-. The van der Waals surface area contributed by atoms with Gasteiger partial charge in [0.1, 0.15) is 0 Å². The van der Waals surface area contributed by atoms with E-state index in [1.54, 1.807) is 18.3 Å². The monoisotopic (exact) mass is 307 g/mol. The normalized spacial score (nSPS) is 13.2. The topological polar surface area (TPSA) is 26.1 Å². The third-order valence-corrected chi connectivity index (χ3v) is 3.63. The van der Waals surface area contributed by atoms with Crippen LogP contribution in [0.25, 0.3) is 0 Å². The highest BCUT2D eigenvalue weighted by molar-refractivity contribution is 6.35. The van der Waals surface area contributed by atoms with Gasteiger partial charge in [0, 0.05) is 22.0 Å². The van der Waals surface area contributed by atoms with Crippen molar-refractivity contribution in [3.05, 3.63) is 74.9 Å². The molecule has 2 rings (SSSR count). The van der Waals surface area contributed by atoms with Gasteiger partial charge in [-0.25, -0.2) is 4.74 Å². The minimum Gasteiger partial charge on any atom is -0.624 e. The van der Waals surface area contributed by atoms with E-state index in [4.69, 9.17) is 23.2 Å². The molecule has 0 saturated carbocycles. The summed E-state index contributed by atoms with van der Waals surface area (Å²) in [4.78, 5) is 0. The van der Waals surface area contributed by atoms with Crippen molar-refractivity contribution < 1.29 is 4.74 Å². The molecule has 20 heavy (non-hydrogen) atoms. The maximum Gasteiger partial charge on any atom is 0.182 e. The van der Waals surface area contributed by atoms with Gasteiger partial charge in [-0.3, -0.25) is 0 Å². The van der Waals surface area contributed by atoms with Crippen LogP contribution in [0.15, 0.2) is 48.5 Å². The van der Waals surface area contributed by atoms with E-state index in [0.29, 0.717) is 16.5 Å². The largest absolute Gasteiger partial charge is 0.624 e. The maximum absolute atomic E-state index is 12.1. The van der Waals surface area contributed by atoms with Crippen LogP contribution in [0.4, 0.5) is 0 Å². The highest BCUT2D eigenvalue weighted by Crippen LogP contribution is 2.22. The van der Waals surface area contributed by atoms with E-state index < -0.39 is 0 Å². The quantitative estimate of drug-likeness (QED) is 0.352. The van der Waals surface area contributed by atoms with E-state index >= 15 is 0 Å². The maximum atomic E-state index is 12.1. The molecular formula is C16H15Cl2NO. The Balaban J connectivity index is 2.11. The van der Waals surface area contributed by atoms with Crippen molar-refractivity contribution >= 4 is 29.4 Å². The Labute approximate surface area is 128 Å². The number of hydroxylamine groups is 1. The van der Waals surface area contributed by atoms with E-state index in [0.717, 1.165) is 15.9 Å². The minimum absolute atomic E-state index is 0.200. The average Bonchev–Trinajstić information content (AvgIpc) is 2.43. The molecule has 0 fully saturated rings. The Morgan fingerprint density at radius 2 is 1.85 bits per heavy atom. The highest BCUT2D eigenvalue weighted by Gasteiger charge is 2.13. The Hall–Kier alpha value is -1.51. The Bertz CT molecular complexity index is 611. The molecule has 0 aliphatic rings. The van der Waals surface area contributed by atoms with Gasteiger partial charge in [-0.2, -0.15) is 0 Å². The summed E-state index contributed by atoms with van der Waals surface area (Å²) in [7, 11) is 0. The number of rotatable bonds is 4. The van der Waals surface area contributed by atoms with Crippen LogP contribution < -0.4 is 0 Å². The molecule has 0 radical (unpaired) electrons. The van der Waals surface area contributed by atoms with Gasteiger partial charge in [0.05, 0.1) is 0 Å². The molecule has 1 unspecified atom stereocenters. The zero-order chi connectivity index (χ0) is 14.5. The second-order valence-electron chi connectivity index (χ2n) is 4.69. The molecule has 0 heterocycles. The summed E-state index contributed by atoms with van der Waals surface area (Å²) in [6.07, 6.45) is 2.16. The van der Waals surface area contributed by atoms with Crippen LogP contribution in [-0.2, 0) is 6.42 Å². The van der Waals surface area contributed by atoms with Crippen LogP contribution in [-0.4, -0.2) is 17.0 Å². The zero-order valence-corrected chi connectivity index (χ0v) is 12.6. The molecule has 1 atom stereocenters. The van der Waals surface area contributed by atoms with Crippen molar-refractivity contribution in [3.8, 4) is 0 Å². The molecule has 0 aliphatic carbocycles. The number of benzene rings is 2. The highest BCUT2D eigenvalue weighted by atomic mass is 35.5. The molecular weight excluding hydrogens is 293 g/mol. The third kappa shape index (κ3) is 3.99. The molecule has 104 valence electrons. The lowest BCUT2D eigenvalue weighted by Crippen LogP contribution is -2.21. The van der Waals surface area contributed by atoms with Crippen LogP contribution in [0.3, 0.4) is 0 Å². The van der Waals surface area contributed by atoms with Crippen LogP contribution in [0.1, 0.15) is 18.1 Å². The predicted octanol–water partition coefficient (Wildman–Crippen LogP) is 4.55. The first-order valence-electron chi connectivity index (χ1n) is 6.35. The van der Waals surface area contributed by atoms with Crippen LogP contribution in [0.5, 0.6) is 0 Å². The predicted molar refractivity (Wildman–Crippen MR) is 84.9 cm³/mol. The summed E-state index contributed by atoms with van der Waals surface area (Å²) in [5.74, 6) is 0. The molecule has 0 spiro atoms. The van der Waals surface area contributed by atoms with Gasteiger partial charge >= 0.3 is 0 Å². The molecule has 0 N–H and O–H groups in total. The molecule has 4 heteroatoms. The average molecular weight is 308 g/mol. The van der Waals surface area contributed by atoms with Crippen molar-refractivity contribution in [2.45, 2.75) is 19.4 Å². The molecule has 2 aromatic rings. The molecule has 0 aliphatic heterocycles. The first kappa shape index (κ1) is 14.9. The van der Waals surface area contributed by atoms with Crippen molar-refractivity contribution in [3.63, 3.8) is 0 Å². The lowest BCUT2D eigenvalue weighted by molar-refractivity contribution is -0.491. The summed E-state index contributed by atoms with van der Waals surface area (Å²) in [6.45, 7) is 1.87. The summed E-state index contributed by atoms with van der Waals surface area (Å²) >= 11 is 12.0. The molecule has 0 bridgehead atoms. The Kier molecular flexibility index (Phi) is 5.05. The summed E-state index contributed by atoms with van der Waals surface area (Å²) in [6, 6.07) is 14.7. The van der Waals surface area contributed by atoms with Crippen LogP contribution in [0.2, 0.25) is 10.0 Å². The van der Waals surface area contributed by atoms with E-state index in [9.17, 15) is 5.21 Å². The van der Waals surface area contributed by atoms with Crippen molar-refractivity contribution in [2.24, 2.45) is 0 Å². The second-order valence-corrected chi connectivity index (χ2v) is 5.53. The number of hydrogen-bond acceptors (Lipinski definition) is 1. The smallest absolute Gasteiger partial charge is 0.182 e. The van der Waals surface area contributed by atoms with Gasteiger partial charge in [-0.1, -0.05) is 47.5 Å². The second kappa shape index (κ2) is 6.78. The fraction of sp³-hybridized carbons (Fsp3) is 0.188. The summed E-state index contributed by atoms with van der Waals surface area (Å²) in [5, 5.41) is 13.3. The molecule has 2 aromatic carbocycles. The van der Waals surface area contributed by atoms with E-state index in [-0.39, 0.29) is 6.04 Å². The van der Waals surface area contributed by atoms with Crippen molar-refractivity contribution in [2.75, 3.05) is 0 Å². The lowest BCUT2D eigenvalue weighted by atomic mass is 10.1. The number of nitrogens with zero attached hydrogens (tertiary/aromatic N) is 1. The first-order valence-corrected chi connectivity index (χ1v) is 7.11. The van der Waals surface area contributed by atoms with Gasteiger partial charge in [-0.05, 0) is 36.8 Å². The summed E-state index contributed by atoms with van der Waals surface area (Å²) in [5.41, 5.74) is 1.81. The first-order chi connectivity index (χ1) is 9.56. The van der Waals surface area contributed by atoms with Gasteiger partial charge in [0.25, 0.3) is 0 Å². The van der Waals surface area contributed by atoms with Gasteiger partial charge < -0.3 is 5.21 Å². The van der Waals surface area contributed by atoms with E-state index in [1.807, 2.05) is 43.3 Å². The Morgan fingerprint density at radius 1 is 1.15 bits per heavy atom. The SMILES string of the molecule is CC(Cc1ccc(Cl)cc1Cl)/[N+]([O-])=C/c1ccccc1. The zero-order valence-electron chi connectivity index (χ0n) is 11.1. The molecule has 0 aromatic heterocycles. The fourth-order valence-corrected chi connectivity index (χ4v) is 2.39. The van der Waals surface area contributed by atoms with Crippen LogP contribution >= 0.6 is 23.2 Å². The summed E-state index contributed by atoms with van der Waals surface area (Å²) < 4.78 is 0.959. The fourth-order valence-electron chi connectivity index (χ4n) is 1.91. The van der Waals surface area contributed by atoms with Crippen molar-refractivity contribution in [1.29, 1.82) is 0 Å². The minimum atomic E-state index is -0.200. The van der Waals surface area contributed by atoms with E-state index in [2.05, 4.69) is 0 Å². The molecule has 0 saturated heterocycles. The van der Waals surface area contributed by atoms with Crippen LogP contribution in [0, 0.1) is 5.21 Å². The van der Waals surface area contributed by atoms with E-state index in [1.165, 1.54) is 0 Å². The van der Waals surface area contributed by atoms with Gasteiger partial charge in [-0.15, -0.1) is 0 Å². The van der Waals surface area contributed by atoms with Crippen molar-refractivity contribution in [1.82, 2.24) is 0 Å². The number of halogens is 2.